The van der Waals surface area contributed by atoms with Crippen molar-refractivity contribution >= 4 is 5.91 Å². The van der Waals surface area contributed by atoms with Crippen molar-refractivity contribution in [1.82, 2.24) is 15.1 Å². The van der Waals surface area contributed by atoms with Crippen LogP contribution in [0.25, 0.3) is 0 Å². The fourth-order valence-electron chi connectivity index (χ4n) is 4.81. The molecule has 2 aliphatic heterocycles. The summed E-state index contributed by atoms with van der Waals surface area (Å²) in [5.74, 6) is 0.709. The number of allylic oxidation sites excluding steroid dienone is 3. The minimum Gasteiger partial charge on any atom is -0.370 e. The van der Waals surface area contributed by atoms with E-state index in [-0.39, 0.29) is 5.91 Å². The molecule has 1 saturated heterocycles. The number of carbonyl (C=O) groups excluding carboxylic acids is 1. The molecule has 4 nitrogen and oxygen atoms in total. The number of halogens is 1. The van der Waals surface area contributed by atoms with Crippen LogP contribution in [0.1, 0.15) is 41.1 Å². The van der Waals surface area contributed by atoms with Crippen LogP contribution in [0.4, 0.5) is 4.39 Å². The summed E-state index contributed by atoms with van der Waals surface area (Å²) in [5, 5.41) is 3.78. The van der Waals surface area contributed by atoms with Gasteiger partial charge in [-0.2, -0.15) is 0 Å². The van der Waals surface area contributed by atoms with Crippen LogP contribution in [0.5, 0.6) is 0 Å². The Hall–Kier alpha value is -3.18. The van der Waals surface area contributed by atoms with E-state index in [1.165, 1.54) is 24.1 Å². The summed E-state index contributed by atoms with van der Waals surface area (Å²) in [4.78, 5) is 16.8. The van der Waals surface area contributed by atoms with Crippen molar-refractivity contribution in [2.24, 2.45) is 5.92 Å². The highest BCUT2D eigenvalue weighted by Gasteiger charge is 2.38. The van der Waals surface area contributed by atoms with E-state index >= 15 is 0 Å². The number of likely N-dealkylation sites (tertiary alicyclic amines) is 1. The quantitative estimate of drug-likeness (QED) is 0.679. The summed E-state index contributed by atoms with van der Waals surface area (Å²) < 4.78 is 13.6. The van der Waals surface area contributed by atoms with Crippen LogP contribution in [0.2, 0.25) is 0 Å². The van der Waals surface area contributed by atoms with Gasteiger partial charge in [0, 0.05) is 43.0 Å². The normalized spacial score (nSPS) is 22.8. The van der Waals surface area contributed by atoms with Crippen molar-refractivity contribution in [3.8, 4) is 0 Å². The van der Waals surface area contributed by atoms with Gasteiger partial charge in [-0.05, 0) is 67.6 Å². The number of benzene rings is 2. The molecule has 2 aromatic carbocycles. The van der Waals surface area contributed by atoms with E-state index in [4.69, 9.17) is 0 Å². The van der Waals surface area contributed by atoms with Gasteiger partial charge in [-0.15, -0.1) is 0 Å². The molecular weight excluding hydrogens is 413 g/mol. The molecule has 3 aliphatic rings. The number of hydrogen-bond acceptors (Lipinski definition) is 3. The van der Waals surface area contributed by atoms with Gasteiger partial charge in [-0.1, -0.05) is 42.5 Å². The van der Waals surface area contributed by atoms with Gasteiger partial charge in [-0.25, -0.2) is 4.39 Å². The second kappa shape index (κ2) is 9.75. The first-order chi connectivity index (χ1) is 16.2. The minimum atomic E-state index is -0.404. The Morgan fingerprint density at radius 3 is 2.64 bits per heavy atom. The van der Waals surface area contributed by atoms with Crippen molar-refractivity contribution in [3.63, 3.8) is 0 Å². The van der Waals surface area contributed by atoms with Gasteiger partial charge in [0.25, 0.3) is 5.91 Å². The van der Waals surface area contributed by atoms with Crippen molar-refractivity contribution in [3.05, 3.63) is 108 Å². The lowest BCUT2D eigenvalue weighted by atomic mass is 9.96. The predicted octanol–water partition coefficient (Wildman–Crippen LogP) is 5.05. The Bertz CT molecular complexity index is 1070. The molecule has 33 heavy (non-hydrogen) atoms. The maximum absolute atomic E-state index is 13.6. The molecule has 170 valence electrons. The first-order valence-corrected chi connectivity index (χ1v) is 11.9. The van der Waals surface area contributed by atoms with E-state index in [0.717, 1.165) is 38.2 Å². The molecule has 1 N–H and O–H groups in total. The predicted molar refractivity (Wildman–Crippen MR) is 129 cm³/mol. The maximum Gasteiger partial charge on any atom is 0.262 e. The highest BCUT2D eigenvalue weighted by atomic mass is 19.1. The first-order valence-electron chi connectivity index (χ1n) is 11.9. The van der Waals surface area contributed by atoms with Crippen LogP contribution in [-0.2, 0) is 0 Å². The number of hydrogen-bond donors (Lipinski definition) is 1. The molecule has 0 radical (unpaired) electrons. The van der Waals surface area contributed by atoms with Gasteiger partial charge in [0.15, 0.2) is 0 Å². The maximum atomic E-state index is 13.6. The molecule has 0 spiro atoms. The van der Waals surface area contributed by atoms with Crippen LogP contribution in [0.3, 0.4) is 0 Å². The molecule has 0 unspecified atom stereocenters. The average molecular weight is 444 g/mol. The molecule has 2 heterocycles. The smallest absolute Gasteiger partial charge is 0.262 e. The molecule has 2 fully saturated rings. The molecule has 2 aromatic rings. The number of piperidine rings is 1. The molecule has 5 rings (SSSR count). The molecule has 2 atom stereocenters. The fraction of sp³-hybridized carbons (Fsp3) is 0.321. The summed E-state index contributed by atoms with van der Waals surface area (Å²) in [6.07, 6.45) is 12.9. The zero-order valence-corrected chi connectivity index (χ0v) is 18.7. The SMILES string of the molecule is O=C(c1cccc(F)c1)N1C=CC=CC(N2CCC(CN[C@@H]3C[C@H]3c3ccccc3)CC2)=C1. The third kappa shape index (κ3) is 5.25. The Kier molecular flexibility index (Phi) is 6.40. The Balaban J connectivity index is 1.14. The first kappa shape index (κ1) is 21.7. The third-order valence-corrected chi connectivity index (χ3v) is 6.87. The van der Waals surface area contributed by atoms with E-state index in [9.17, 15) is 9.18 Å². The van der Waals surface area contributed by atoms with Gasteiger partial charge in [0.05, 0.1) is 5.70 Å². The molecule has 0 aromatic heterocycles. The van der Waals surface area contributed by atoms with Crippen LogP contribution in [-0.4, -0.2) is 41.4 Å². The molecule has 1 amide bonds. The second-order valence-corrected chi connectivity index (χ2v) is 9.18. The Labute approximate surface area is 195 Å². The largest absolute Gasteiger partial charge is 0.370 e. The van der Waals surface area contributed by atoms with E-state index in [1.54, 1.807) is 23.2 Å². The molecule has 5 heteroatoms. The lowest BCUT2D eigenvalue weighted by Gasteiger charge is -2.34. The van der Waals surface area contributed by atoms with Crippen molar-refractivity contribution in [1.29, 1.82) is 0 Å². The topological polar surface area (TPSA) is 35.6 Å². The van der Waals surface area contributed by atoms with Gasteiger partial charge < -0.3 is 10.2 Å². The van der Waals surface area contributed by atoms with Crippen LogP contribution in [0, 0.1) is 11.7 Å². The van der Waals surface area contributed by atoms with Crippen LogP contribution >= 0.6 is 0 Å². The number of nitrogens with one attached hydrogen (secondary N) is 1. The summed E-state index contributed by atoms with van der Waals surface area (Å²) in [5.41, 5.74) is 2.81. The van der Waals surface area contributed by atoms with Crippen LogP contribution in [0.15, 0.2) is 90.9 Å². The zero-order valence-electron chi connectivity index (χ0n) is 18.7. The van der Waals surface area contributed by atoms with Crippen molar-refractivity contribution < 1.29 is 9.18 Å². The molecule has 1 aliphatic carbocycles. The Morgan fingerprint density at radius 1 is 1.03 bits per heavy atom. The lowest BCUT2D eigenvalue weighted by Crippen LogP contribution is -2.37. The van der Waals surface area contributed by atoms with Gasteiger partial charge in [-0.3, -0.25) is 9.69 Å². The monoisotopic (exact) mass is 443 g/mol. The third-order valence-electron chi connectivity index (χ3n) is 6.87. The van der Waals surface area contributed by atoms with Gasteiger partial charge >= 0.3 is 0 Å². The summed E-state index contributed by atoms with van der Waals surface area (Å²) in [6, 6.07) is 17.2. The number of amides is 1. The van der Waals surface area contributed by atoms with E-state index in [1.807, 2.05) is 24.4 Å². The Morgan fingerprint density at radius 2 is 1.85 bits per heavy atom. The molecular formula is C28H30FN3O. The average Bonchev–Trinajstić information content (AvgIpc) is 3.66. The number of rotatable bonds is 6. The van der Waals surface area contributed by atoms with Gasteiger partial charge in [0.1, 0.15) is 5.82 Å². The molecule has 0 bridgehead atoms. The summed E-state index contributed by atoms with van der Waals surface area (Å²) in [6.45, 7) is 3.01. The highest BCUT2D eigenvalue weighted by molar-refractivity contribution is 5.95. The highest BCUT2D eigenvalue weighted by Crippen LogP contribution is 2.40. The van der Waals surface area contributed by atoms with E-state index in [0.29, 0.717) is 23.4 Å². The van der Waals surface area contributed by atoms with Crippen molar-refractivity contribution in [2.45, 2.75) is 31.2 Å². The summed E-state index contributed by atoms with van der Waals surface area (Å²) in [7, 11) is 0. The van der Waals surface area contributed by atoms with E-state index in [2.05, 4.69) is 40.5 Å². The number of nitrogens with zero attached hydrogens (tertiary/aromatic N) is 2. The summed E-state index contributed by atoms with van der Waals surface area (Å²) >= 11 is 0. The lowest BCUT2D eigenvalue weighted by molar-refractivity contribution is 0.0866. The van der Waals surface area contributed by atoms with Crippen LogP contribution < -0.4 is 5.32 Å². The van der Waals surface area contributed by atoms with E-state index < -0.39 is 5.82 Å². The molecule has 1 saturated carbocycles. The van der Waals surface area contributed by atoms with Crippen molar-refractivity contribution in [2.75, 3.05) is 19.6 Å². The standard InChI is InChI=1S/C28H30FN3O/c29-24-10-6-9-23(17-24)28(33)32-14-5-4-11-25(20-32)31-15-12-21(13-16-31)19-30-27-18-26(27)22-7-2-1-3-8-22/h1-11,14,17,20-21,26-27,30H,12-13,15-16,18-19H2/t26-,27+/m0/s1. The number of carbonyl (C=O) groups is 1. The minimum absolute atomic E-state index is 0.233. The second-order valence-electron chi connectivity index (χ2n) is 9.18. The van der Waals surface area contributed by atoms with Gasteiger partial charge in [0.2, 0.25) is 0 Å². The fourth-order valence-corrected chi connectivity index (χ4v) is 4.81. The zero-order chi connectivity index (χ0) is 22.6.